The lowest BCUT2D eigenvalue weighted by Crippen LogP contribution is -2.39. The number of methoxy groups -OCH3 is 1. The third-order valence-corrected chi connectivity index (χ3v) is 4.96. The fourth-order valence-corrected chi connectivity index (χ4v) is 3.54. The quantitative estimate of drug-likeness (QED) is 0.802. The van der Waals surface area contributed by atoms with Crippen molar-refractivity contribution in [2.75, 3.05) is 20.3 Å². The van der Waals surface area contributed by atoms with Crippen molar-refractivity contribution < 1.29 is 19.4 Å². The van der Waals surface area contributed by atoms with E-state index in [1.807, 2.05) is 0 Å². The SMILES string of the molecule is COCCC1(CNC(=O)c2cc(C)cc(C(=O)O)c2)CCCCC1. The zero-order chi connectivity index (χ0) is 17.6. The van der Waals surface area contributed by atoms with Crippen LogP contribution < -0.4 is 5.32 Å². The van der Waals surface area contributed by atoms with E-state index in [2.05, 4.69) is 5.32 Å². The summed E-state index contributed by atoms with van der Waals surface area (Å²) in [5.41, 5.74) is 1.42. The highest BCUT2D eigenvalue weighted by atomic mass is 16.5. The molecule has 0 saturated heterocycles. The Morgan fingerprint density at radius 3 is 2.46 bits per heavy atom. The van der Waals surface area contributed by atoms with Gasteiger partial charge in [0.2, 0.25) is 0 Å². The van der Waals surface area contributed by atoms with Crippen LogP contribution in [0.25, 0.3) is 0 Å². The molecule has 0 atom stereocenters. The molecule has 5 heteroatoms. The van der Waals surface area contributed by atoms with E-state index in [0.29, 0.717) is 18.7 Å². The Balaban J connectivity index is 2.06. The van der Waals surface area contributed by atoms with Gasteiger partial charge in [-0.3, -0.25) is 4.79 Å². The monoisotopic (exact) mass is 333 g/mol. The van der Waals surface area contributed by atoms with Crippen LogP contribution in [0.3, 0.4) is 0 Å². The molecule has 0 spiro atoms. The average molecular weight is 333 g/mol. The van der Waals surface area contributed by atoms with Gasteiger partial charge in [0.05, 0.1) is 5.56 Å². The lowest BCUT2D eigenvalue weighted by molar-refractivity contribution is 0.0696. The Labute approximate surface area is 143 Å². The minimum absolute atomic E-state index is 0.101. The lowest BCUT2D eigenvalue weighted by Gasteiger charge is -2.37. The number of amides is 1. The predicted octanol–water partition coefficient (Wildman–Crippen LogP) is 3.41. The number of hydrogen-bond donors (Lipinski definition) is 2. The molecule has 1 aromatic carbocycles. The summed E-state index contributed by atoms with van der Waals surface area (Å²) in [6, 6.07) is 4.73. The second-order valence-electron chi connectivity index (χ2n) is 6.88. The number of carbonyl (C=O) groups is 2. The van der Waals surface area contributed by atoms with Crippen molar-refractivity contribution in [2.45, 2.75) is 45.4 Å². The molecule has 2 N–H and O–H groups in total. The molecule has 0 aliphatic heterocycles. The molecule has 1 aliphatic carbocycles. The molecule has 0 heterocycles. The maximum atomic E-state index is 12.5. The van der Waals surface area contributed by atoms with Gasteiger partial charge in [-0.2, -0.15) is 0 Å². The standard InChI is InChI=1S/C19H27NO4/c1-14-10-15(12-16(11-14)18(22)23)17(21)20-13-19(8-9-24-2)6-4-3-5-7-19/h10-12H,3-9,13H2,1-2H3,(H,20,21)(H,22,23). The smallest absolute Gasteiger partial charge is 0.335 e. The van der Waals surface area contributed by atoms with E-state index in [9.17, 15) is 9.59 Å². The summed E-state index contributed by atoms with van der Waals surface area (Å²) in [7, 11) is 1.70. The Kier molecular flexibility index (Phi) is 6.37. The van der Waals surface area contributed by atoms with Gasteiger partial charge in [0, 0.05) is 25.8 Å². The van der Waals surface area contributed by atoms with Crippen molar-refractivity contribution in [1.82, 2.24) is 5.32 Å². The van der Waals surface area contributed by atoms with Crippen LogP contribution in [0.4, 0.5) is 0 Å². The molecule has 5 nitrogen and oxygen atoms in total. The third-order valence-electron chi connectivity index (χ3n) is 4.96. The zero-order valence-electron chi connectivity index (χ0n) is 14.6. The van der Waals surface area contributed by atoms with E-state index >= 15 is 0 Å². The zero-order valence-corrected chi connectivity index (χ0v) is 14.6. The second kappa shape index (κ2) is 8.29. The molecule has 1 saturated carbocycles. The first kappa shape index (κ1) is 18.5. The van der Waals surface area contributed by atoms with Crippen molar-refractivity contribution in [1.29, 1.82) is 0 Å². The van der Waals surface area contributed by atoms with Gasteiger partial charge >= 0.3 is 5.97 Å². The summed E-state index contributed by atoms with van der Waals surface area (Å²) >= 11 is 0. The number of rotatable bonds is 7. The number of carboxylic acids is 1. The second-order valence-corrected chi connectivity index (χ2v) is 6.88. The molecule has 0 aromatic heterocycles. The van der Waals surface area contributed by atoms with E-state index in [0.717, 1.165) is 24.8 Å². The number of benzene rings is 1. The molecule has 1 amide bonds. The molecule has 24 heavy (non-hydrogen) atoms. The van der Waals surface area contributed by atoms with Gasteiger partial charge in [0.15, 0.2) is 0 Å². The summed E-state index contributed by atoms with van der Waals surface area (Å²) < 4.78 is 5.24. The fraction of sp³-hybridized carbons (Fsp3) is 0.579. The highest BCUT2D eigenvalue weighted by Crippen LogP contribution is 2.38. The van der Waals surface area contributed by atoms with Crippen molar-refractivity contribution in [2.24, 2.45) is 5.41 Å². The van der Waals surface area contributed by atoms with E-state index in [1.54, 1.807) is 26.2 Å². The average Bonchev–Trinajstić information content (AvgIpc) is 2.58. The summed E-state index contributed by atoms with van der Waals surface area (Å²) in [5, 5.41) is 12.2. The van der Waals surface area contributed by atoms with Gasteiger partial charge in [-0.05, 0) is 55.4 Å². The lowest BCUT2D eigenvalue weighted by atomic mass is 9.72. The Hall–Kier alpha value is -1.88. The number of ether oxygens (including phenoxy) is 1. The number of aromatic carboxylic acids is 1. The van der Waals surface area contributed by atoms with Crippen molar-refractivity contribution >= 4 is 11.9 Å². The van der Waals surface area contributed by atoms with Gasteiger partial charge < -0.3 is 15.2 Å². The van der Waals surface area contributed by atoms with Gasteiger partial charge in [-0.15, -0.1) is 0 Å². The van der Waals surface area contributed by atoms with Crippen molar-refractivity contribution in [3.63, 3.8) is 0 Å². The Morgan fingerprint density at radius 2 is 1.83 bits per heavy atom. The molecule has 1 aromatic rings. The first-order valence-electron chi connectivity index (χ1n) is 8.58. The molecule has 132 valence electrons. The number of aryl methyl sites for hydroxylation is 1. The Morgan fingerprint density at radius 1 is 1.17 bits per heavy atom. The van der Waals surface area contributed by atoms with Crippen LogP contribution in [0.2, 0.25) is 0 Å². The number of hydrogen-bond acceptors (Lipinski definition) is 3. The summed E-state index contributed by atoms with van der Waals surface area (Å²) in [6.45, 7) is 3.11. The number of nitrogens with one attached hydrogen (secondary N) is 1. The minimum atomic E-state index is -1.02. The van der Waals surface area contributed by atoms with Gasteiger partial charge in [-0.1, -0.05) is 19.3 Å². The van der Waals surface area contributed by atoms with Crippen LogP contribution in [0.1, 0.15) is 64.8 Å². The summed E-state index contributed by atoms with van der Waals surface area (Å²) in [6.07, 6.45) is 6.77. The minimum Gasteiger partial charge on any atom is -0.478 e. The van der Waals surface area contributed by atoms with Crippen LogP contribution >= 0.6 is 0 Å². The van der Waals surface area contributed by atoms with Crippen LogP contribution in [0, 0.1) is 12.3 Å². The number of carbonyl (C=O) groups excluding carboxylic acids is 1. The van der Waals surface area contributed by atoms with E-state index in [4.69, 9.17) is 9.84 Å². The van der Waals surface area contributed by atoms with E-state index in [-0.39, 0.29) is 16.9 Å². The normalized spacial score (nSPS) is 16.6. The molecule has 0 unspecified atom stereocenters. The third kappa shape index (κ3) is 4.81. The molecule has 2 rings (SSSR count). The van der Waals surface area contributed by atoms with Gasteiger partial charge in [-0.25, -0.2) is 4.79 Å². The first-order valence-corrected chi connectivity index (χ1v) is 8.58. The summed E-state index contributed by atoms with van der Waals surface area (Å²) in [4.78, 5) is 23.7. The largest absolute Gasteiger partial charge is 0.478 e. The summed E-state index contributed by atoms with van der Waals surface area (Å²) in [5.74, 6) is -1.22. The van der Waals surface area contributed by atoms with E-state index in [1.165, 1.54) is 25.3 Å². The Bertz CT molecular complexity index is 591. The topological polar surface area (TPSA) is 75.6 Å². The molecule has 0 bridgehead atoms. The molecule has 1 aliphatic rings. The maximum absolute atomic E-state index is 12.5. The predicted molar refractivity (Wildman–Crippen MR) is 92.5 cm³/mol. The van der Waals surface area contributed by atoms with Gasteiger partial charge in [0.25, 0.3) is 5.91 Å². The van der Waals surface area contributed by atoms with Crippen LogP contribution in [-0.2, 0) is 4.74 Å². The van der Waals surface area contributed by atoms with Crippen LogP contribution in [0.5, 0.6) is 0 Å². The van der Waals surface area contributed by atoms with E-state index < -0.39 is 5.97 Å². The highest BCUT2D eigenvalue weighted by Gasteiger charge is 2.32. The van der Waals surface area contributed by atoms with Gasteiger partial charge in [0.1, 0.15) is 0 Å². The number of carboxylic acid groups (broad SMARTS) is 1. The molecule has 0 radical (unpaired) electrons. The maximum Gasteiger partial charge on any atom is 0.335 e. The molecule has 1 fully saturated rings. The fourth-order valence-electron chi connectivity index (χ4n) is 3.54. The molecular weight excluding hydrogens is 306 g/mol. The van der Waals surface area contributed by atoms with Crippen LogP contribution in [-0.4, -0.2) is 37.2 Å². The highest BCUT2D eigenvalue weighted by molar-refractivity contribution is 5.97. The van der Waals surface area contributed by atoms with Crippen LogP contribution in [0.15, 0.2) is 18.2 Å². The first-order chi connectivity index (χ1) is 11.5. The van der Waals surface area contributed by atoms with Crippen molar-refractivity contribution in [3.8, 4) is 0 Å². The molecular formula is C19H27NO4. The van der Waals surface area contributed by atoms with Crippen molar-refractivity contribution in [3.05, 3.63) is 34.9 Å².